The average Bonchev–Trinajstić information content (AvgIpc) is 2.44. The van der Waals surface area contributed by atoms with Crippen LogP contribution in [-0.2, 0) is 4.79 Å². The fraction of sp³-hybridized carbons (Fsp3) is 0.467. The minimum atomic E-state index is -0.240. The summed E-state index contributed by atoms with van der Waals surface area (Å²) in [5, 5.41) is 4.20. The molecule has 0 bridgehead atoms. The predicted octanol–water partition coefficient (Wildman–Crippen LogP) is 4.27. The van der Waals surface area contributed by atoms with E-state index in [9.17, 15) is 4.79 Å². The second kappa shape index (κ2) is 7.94. The number of hydrogen-bond acceptors (Lipinski definition) is 3. The molecule has 0 radical (unpaired) electrons. The van der Waals surface area contributed by atoms with Crippen molar-refractivity contribution < 1.29 is 9.53 Å². The highest BCUT2D eigenvalue weighted by molar-refractivity contribution is 9.11. The van der Waals surface area contributed by atoms with Crippen molar-refractivity contribution in [3.05, 3.63) is 27.1 Å². The van der Waals surface area contributed by atoms with Crippen molar-refractivity contribution in [2.75, 3.05) is 6.61 Å². The van der Waals surface area contributed by atoms with Crippen molar-refractivity contribution in [3.8, 4) is 5.75 Å². The normalized spacial score (nSPS) is 20.3. The summed E-state index contributed by atoms with van der Waals surface area (Å²) in [5.74, 6) is 1.05. The first kappa shape index (κ1) is 16.5. The van der Waals surface area contributed by atoms with Crippen molar-refractivity contribution >= 4 is 43.5 Å². The highest BCUT2D eigenvalue weighted by Crippen LogP contribution is 2.28. The van der Waals surface area contributed by atoms with E-state index in [2.05, 4.69) is 49.3 Å². The van der Waals surface area contributed by atoms with Gasteiger partial charge in [-0.15, -0.1) is 0 Å². The third-order valence-electron chi connectivity index (χ3n) is 3.34. The SMILES string of the molecule is CC1CCCC(=NNC(=O)COc2ccc(Br)cc2Br)C1. The van der Waals surface area contributed by atoms with Crippen LogP contribution >= 0.6 is 31.9 Å². The van der Waals surface area contributed by atoms with Gasteiger partial charge in [-0.3, -0.25) is 4.79 Å². The fourth-order valence-corrected chi connectivity index (χ4v) is 3.43. The van der Waals surface area contributed by atoms with Gasteiger partial charge >= 0.3 is 0 Å². The Hall–Kier alpha value is -0.880. The summed E-state index contributed by atoms with van der Waals surface area (Å²) in [7, 11) is 0. The zero-order chi connectivity index (χ0) is 15.2. The van der Waals surface area contributed by atoms with Gasteiger partial charge in [-0.1, -0.05) is 22.9 Å². The maximum absolute atomic E-state index is 11.8. The number of carbonyl (C=O) groups excluding carboxylic acids is 1. The first-order valence-corrected chi connectivity index (χ1v) is 8.55. The van der Waals surface area contributed by atoms with E-state index < -0.39 is 0 Å². The third kappa shape index (κ3) is 5.43. The minimum absolute atomic E-state index is 0.0490. The quantitative estimate of drug-likeness (QED) is 0.743. The Morgan fingerprint density at radius 2 is 2.29 bits per heavy atom. The van der Waals surface area contributed by atoms with Gasteiger partial charge in [-0.05, 0) is 65.7 Å². The number of carbonyl (C=O) groups is 1. The van der Waals surface area contributed by atoms with E-state index in [1.807, 2.05) is 12.1 Å². The molecule has 1 amide bonds. The first-order valence-electron chi connectivity index (χ1n) is 6.96. The molecule has 1 aliphatic carbocycles. The summed E-state index contributed by atoms with van der Waals surface area (Å²) in [6.45, 7) is 2.16. The monoisotopic (exact) mass is 416 g/mol. The second-order valence-corrected chi connectivity index (χ2v) is 7.05. The molecule has 1 N–H and O–H groups in total. The summed E-state index contributed by atoms with van der Waals surface area (Å²) >= 11 is 6.76. The molecule has 1 aliphatic rings. The van der Waals surface area contributed by atoms with Crippen LogP contribution in [0.15, 0.2) is 32.2 Å². The van der Waals surface area contributed by atoms with Gasteiger partial charge in [0.2, 0.25) is 0 Å². The Balaban J connectivity index is 1.80. The highest BCUT2D eigenvalue weighted by Gasteiger charge is 2.14. The summed E-state index contributed by atoms with van der Waals surface area (Å²) in [6.07, 6.45) is 4.34. The molecule has 0 saturated heterocycles. The van der Waals surface area contributed by atoms with Crippen LogP contribution in [-0.4, -0.2) is 18.2 Å². The predicted molar refractivity (Wildman–Crippen MR) is 90.5 cm³/mol. The van der Waals surface area contributed by atoms with Crippen molar-refractivity contribution in [3.63, 3.8) is 0 Å². The lowest BCUT2D eigenvalue weighted by atomic mass is 9.89. The lowest BCUT2D eigenvalue weighted by molar-refractivity contribution is -0.123. The smallest absolute Gasteiger partial charge is 0.277 e. The highest BCUT2D eigenvalue weighted by atomic mass is 79.9. The van der Waals surface area contributed by atoms with E-state index in [4.69, 9.17) is 4.74 Å². The zero-order valence-electron chi connectivity index (χ0n) is 11.9. The van der Waals surface area contributed by atoms with Gasteiger partial charge in [-0.25, -0.2) is 5.43 Å². The molecule has 2 rings (SSSR count). The topological polar surface area (TPSA) is 50.7 Å². The van der Waals surface area contributed by atoms with E-state index in [1.165, 1.54) is 6.42 Å². The summed E-state index contributed by atoms with van der Waals surface area (Å²) in [6, 6.07) is 5.54. The Morgan fingerprint density at radius 1 is 1.48 bits per heavy atom. The number of benzene rings is 1. The van der Waals surface area contributed by atoms with Crippen molar-refractivity contribution in [2.45, 2.75) is 32.6 Å². The van der Waals surface area contributed by atoms with Crippen LogP contribution < -0.4 is 10.2 Å². The zero-order valence-corrected chi connectivity index (χ0v) is 15.0. The molecule has 1 aromatic carbocycles. The molecule has 6 heteroatoms. The molecule has 1 atom stereocenters. The van der Waals surface area contributed by atoms with Crippen molar-refractivity contribution in [1.29, 1.82) is 0 Å². The van der Waals surface area contributed by atoms with Gasteiger partial charge < -0.3 is 4.74 Å². The molecule has 1 fully saturated rings. The fourth-order valence-electron chi connectivity index (χ4n) is 2.27. The van der Waals surface area contributed by atoms with Crippen LogP contribution in [0, 0.1) is 5.92 Å². The van der Waals surface area contributed by atoms with Gasteiger partial charge in [0.05, 0.1) is 4.47 Å². The van der Waals surface area contributed by atoms with Crippen LogP contribution in [0.25, 0.3) is 0 Å². The lowest BCUT2D eigenvalue weighted by Crippen LogP contribution is -2.27. The van der Waals surface area contributed by atoms with Crippen LogP contribution in [0.3, 0.4) is 0 Å². The number of amides is 1. The Labute approximate surface area is 141 Å². The number of halogens is 2. The molecule has 0 spiro atoms. The van der Waals surface area contributed by atoms with Crippen LogP contribution in [0.2, 0.25) is 0 Å². The molecule has 0 heterocycles. The van der Waals surface area contributed by atoms with E-state index >= 15 is 0 Å². The van der Waals surface area contributed by atoms with Gasteiger partial charge in [-0.2, -0.15) is 5.10 Å². The number of hydrogen-bond donors (Lipinski definition) is 1. The summed E-state index contributed by atoms with van der Waals surface area (Å²) in [5.41, 5.74) is 3.65. The Morgan fingerprint density at radius 3 is 3.00 bits per heavy atom. The standard InChI is InChI=1S/C15H18Br2N2O2/c1-10-3-2-4-12(7-10)18-19-15(20)9-21-14-6-5-11(16)8-13(14)17/h5-6,8,10H,2-4,7,9H2,1H3,(H,19,20). The third-order valence-corrected chi connectivity index (χ3v) is 4.45. The van der Waals surface area contributed by atoms with Gasteiger partial charge in [0.15, 0.2) is 6.61 Å². The number of nitrogens with zero attached hydrogens (tertiary/aromatic N) is 1. The maximum atomic E-state index is 11.8. The molecular formula is C15H18Br2N2O2. The van der Waals surface area contributed by atoms with Crippen LogP contribution in [0.4, 0.5) is 0 Å². The van der Waals surface area contributed by atoms with E-state index in [0.717, 1.165) is 33.9 Å². The maximum Gasteiger partial charge on any atom is 0.277 e. The summed E-state index contributed by atoms with van der Waals surface area (Å²) in [4.78, 5) is 11.8. The number of rotatable bonds is 4. The minimum Gasteiger partial charge on any atom is -0.483 e. The number of nitrogens with one attached hydrogen (secondary N) is 1. The van der Waals surface area contributed by atoms with Crippen molar-refractivity contribution in [1.82, 2.24) is 5.43 Å². The molecule has 1 saturated carbocycles. The Kier molecular flexibility index (Phi) is 6.23. The number of ether oxygens (including phenoxy) is 1. The van der Waals surface area contributed by atoms with E-state index in [0.29, 0.717) is 11.7 Å². The average molecular weight is 418 g/mol. The molecule has 0 aliphatic heterocycles. The van der Waals surface area contributed by atoms with Gasteiger partial charge in [0.1, 0.15) is 5.75 Å². The van der Waals surface area contributed by atoms with Crippen molar-refractivity contribution in [2.24, 2.45) is 11.0 Å². The molecule has 4 nitrogen and oxygen atoms in total. The van der Waals surface area contributed by atoms with Gasteiger partial charge in [0, 0.05) is 10.2 Å². The van der Waals surface area contributed by atoms with Crippen LogP contribution in [0.1, 0.15) is 32.6 Å². The largest absolute Gasteiger partial charge is 0.483 e. The second-order valence-electron chi connectivity index (χ2n) is 5.28. The molecular weight excluding hydrogens is 400 g/mol. The lowest BCUT2D eigenvalue weighted by Gasteiger charge is -2.18. The summed E-state index contributed by atoms with van der Waals surface area (Å²) < 4.78 is 7.22. The van der Waals surface area contributed by atoms with Crippen LogP contribution in [0.5, 0.6) is 5.75 Å². The molecule has 0 aromatic heterocycles. The van der Waals surface area contributed by atoms with Gasteiger partial charge in [0.25, 0.3) is 5.91 Å². The van der Waals surface area contributed by atoms with E-state index in [-0.39, 0.29) is 12.5 Å². The molecule has 1 aromatic rings. The molecule has 21 heavy (non-hydrogen) atoms. The molecule has 114 valence electrons. The number of hydrazone groups is 1. The first-order chi connectivity index (χ1) is 10.0. The molecule has 1 unspecified atom stereocenters. The van der Waals surface area contributed by atoms with E-state index in [1.54, 1.807) is 6.07 Å². The Bertz CT molecular complexity index is 546.